The number of benzene rings is 1. The zero-order chi connectivity index (χ0) is 11.6. The predicted octanol–water partition coefficient (Wildman–Crippen LogP) is 2.15. The Kier molecular flexibility index (Phi) is 3.09. The van der Waals surface area contributed by atoms with Crippen molar-refractivity contribution in [3.8, 4) is 0 Å². The normalized spacial score (nSPS) is 11.5. The number of carbonyl (C=O) groups is 1. The third-order valence-corrected chi connectivity index (χ3v) is 1.83. The number of aliphatic hydroxyl groups excluding tert-OH is 1. The van der Waals surface area contributed by atoms with Gasteiger partial charge in [0.1, 0.15) is 12.1 Å². The summed E-state index contributed by atoms with van der Waals surface area (Å²) in [4.78, 5) is 10.4. The zero-order valence-corrected chi connectivity index (χ0v) is 7.31. The first-order chi connectivity index (χ1) is 6.90. The van der Waals surface area contributed by atoms with Gasteiger partial charge < -0.3 is 5.11 Å². The number of carbonyl (C=O) groups excluding carboxylic acids is 1. The van der Waals surface area contributed by atoms with Gasteiger partial charge in [-0.05, 0) is 17.7 Å². The smallest absolute Gasteiger partial charge is 0.392 e. The van der Waals surface area contributed by atoms with Gasteiger partial charge in [0.2, 0.25) is 0 Å². The van der Waals surface area contributed by atoms with E-state index in [1.165, 1.54) is 0 Å². The molecule has 2 nitrogen and oxygen atoms in total. The molecule has 0 atom stereocenters. The Balaban J connectivity index is 3.39. The summed E-state index contributed by atoms with van der Waals surface area (Å²) >= 11 is 0. The molecule has 0 aliphatic carbocycles. The van der Waals surface area contributed by atoms with Gasteiger partial charge in [-0.3, -0.25) is 4.79 Å². The van der Waals surface area contributed by atoms with Gasteiger partial charge in [-0.1, -0.05) is 0 Å². The number of aliphatic hydroxyl groups is 1. The van der Waals surface area contributed by atoms with Crippen LogP contribution in [0.4, 0.5) is 17.6 Å². The predicted molar refractivity (Wildman–Crippen MR) is 42.7 cm³/mol. The standard InChI is InChI=1S/C9H6F4O2/c10-8-2-6(4-15)5(3-14)1-7(8)9(11,12)13/h1-3,15H,4H2. The molecule has 1 N–H and O–H groups in total. The average molecular weight is 222 g/mol. The van der Waals surface area contributed by atoms with Crippen molar-refractivity contribution in [1.82, 2.24) is 0 Å². The van der Waals surface area contributed by atoms with Crippen LogP contribution in [0.15, 0.2) is 12.1 Å². The molecular weight excluding hydrogens is 216 g/mol. The van der Waals surface area contributed by atoms with Crippen LogP contribution in [0.5, 0.6) is 0 Å². The molecule has 0 saturated heterocycles. The number of hydrogen-bond acceptors (Lipinski definition) is 2. The SMILES string of the molecule is O=Cc1cc(C(F)(F)F)c(F)cc1CO. The maximum Gasteiger partial charge on any atom is 0.419 e. The molecule has 1 aromatic rings. The fraction of sp³-hybridized carbons (Fsp3) is 0.222. The number of rotatable bonds is 2. The number of hydrogen-bond donors (Lipinski definition) is 1. The van der Waals surface area contributed by atoms with Gasteiger partial charge in [0.05, 0.1) is 12.2 Å². The Bertz CT molecular complexity index is 384. The molecule has 0 aliphatic heterocycles. The highest BCUT2D eigenvalue weighted by atomic mass is 19.4. The second kappa shape index (κ2) is 3.98. The highest BCUT2D eigenvalue weighted by Gasteiger charge is 2.34. The monoisotopic (exact) mass is 222 g/mol. The Morgan fingerprint density at radius 3 is 2.33 bits per heavy atom. The van der Waals surface area contributed by atoms with E-state index < -0.39 is 24.2 Å². The minimum Gasteiger partial charge on any atom is -0.392 e. The van der Waals surface area contributed by atoms with Crippen molar-refractivity contribution in [2.75, 3.05) is 0 Å². The highest BCUT2D eigenvalue weighted by Crippen LogP contribution is 2.32. The third-order valence-electron chi connectivity index (χ3n) is 1.83. The lowest BCUT2D eigenvalue weighted by Gasteiger charge is -2.10. The van der Waals surface area contributed by atoms with Crippen LogP contribution in [0, 0.1) is 5.82 Å². The van der Waals surface area contributed by atoms with E-state index in [9.17, 15) is 22.4 Å². The first-order valence-corrected chi connectivity index (χ1v) is 3.85. The molecule has 1 rings (SSSR count). The molecule has 0 aromatic heterocycles. The van der Waals surface area contributed by atoms with Gasteiger partial charge in [-0.25, -0.2) is 4.39 Å². The zero-order valence-electron chi connectivity index (χ0n) is 7.31. The van der Waals surface area contributed by atoms with E-state index in [1.807, 2.05) is 0 Å². The molecule has 0 spiro atoms. The van der Waals surface area contributed by atoms with Crippen molar-refractivity contribution < 1.29 is 27.5 Å². The fourth-order valence-corrected chi connectivity index (χ4v) is 1.10. The summed E-state index contributed by atoms with van der Waals surface area (Å²) in [7, 11) is 0. The summed E-state index contributed by atoms with van der Waals surface area (Å²) in [6, 6.07) is 0.889. The molecule has 0 saturated carbocycles. The summed E-state index contributed by atoms with van der Waals surface area (Å²) in [5.74, 6) is -1.50. The van der Waals surface area contributed by atoms with Gasteiger partial charge >= 0.3 is 6.18 Å². The van der Waals surface area contributed by atoms with Crippen LogP contribution < -0.4 is 0 Å². The van der Waals surface area contributed by atoms with Crippen LogP contribution >= 0.6 is 0 Å². The molecule has 0 heterocycles. The van der Waals surface area contributed by atoms with E-state index in [-0.39, 0.29) is 17.4 Å². The lowest BCUT2D eigenvalue weighted by Crippen LogP contribution is -2.10. The summed E-state index contributed by atoms with van der Waals surface area (Å²) < 4.78 is 49.4. The van der Waals surface area contributed by atoms with E-state index in [1.54, 1.807) is 0 Å². The molecule has 6 heteroatoms. The van der Waals surface area contributed by atoms with Crippen LogP contribution in [0.1, 0.15) is 21.5 Å². The molecular formula is C9H6F4O2. The van der Waals surface area contributed by atoms with Gasteiger partial charge in [0.25, 0.3) is 0 Å². The topological polar surface area (TPSA) is 37.3 Å². The van der Waals surface area contributed by atoms with Crippen molar-refractivity contribution >= 4 is 6.29 Å². The largest absolute Gasteiger partial charge is 0.419 e. The maximum atomic E-state index is 12.9. The minimum atomic E-state index is -4.85. The van der Waals surface area contributed by atoms with Crippen LogP contribution in [-0.2, 0) is 12.8 Å². The van der Waals surface area contributed by atoms with Crippen LogP contribution in [0.25, 0.3) is 0 Å². The van der Waals surface area contributed by atoms with E-state index in [0.29, 0.717) is 12.1 Å². The number of halogens is 4. The Morgan fingerprint density at radius 1 is 1.33 bits per heavy atom. The lowest BCUT2D eigenvalue weighted by molar-refractivity contribution is -0.140. The van der Waals surface area contributed by atoms with E-state index in [2.05, 4.69) is 0 Å². The number of alkyl halides is 3. The van der Waals surface area contributed by atoms with Crippen molar-refractivity contribution in [2.45, 2.75) is 12.8 Å². The molecule has 0 radical (unpaired) electrons. The molecule has 0 aliphatic rings. The maximum absolute atomic E-state index is 12.9. The average Bonchev–Trinajstić information content (AvgIpc) is 2.15. The van der Waals surface area contributed by atoms with Crippen molar-refractivity contribution in [2.24, 2.45) is 0 Å². The van der Waals surface area contributed by atoms with Gasteiger partial charge in [0.15, 0.2) is 0 Å². The summed E-state index contributed by atoms with van der Waals surface area (Å²) in [6.07, 6.45) is -4.71. The Morgan fingerprint density at radius 2 is 1.93 bits per heavy atom. The van der Waals surface area contributed by atoms with E-state index in [0.717, 1.165) is 0 Å². The Labute approximate surface area is 82.1 Å². The third kappa shape index (κ3) is 2.33. The van der Waals surface area contributed by atoms with Crippen LogP contribution in [0.3, 0.4) is 0 Å². The molecule has 1 aromatic carbocycles. The molecule has 82 valence electrons. The fourth-order valence-electron chi connectivity index (χ4n) is 1.10. The lowest BCUT2D eigenvalue weighted by atomic mass is 10.0. The van der Waals surface area contributed by atoms with Crippen LogP contribution in [-0.4, -0.2) is 11.4 Å². The summed E-state index contributed by atoms with van der Waals surface area (Å²) in [5, 5.41) is 8.66. The van der Waals surface area contributed by atoms with Gasteiger partial charge in [-0.2, -0.15) is 13.2 Å². The summed E-state index contributed by atoms with van der Waals surface area (Å²) in [5.41, 5.74) is -2.05. The number of aldehydes is 1. The van der Waals surface area contributed by atoms with E-state index in [4.69, 9.17) is 5.11 Å². The van der Waals surface area contributed by atoms with Gasteiger partial charge in [-0.15, -0.1) is 0 Å². The second-order valence-electron chi connectivity index (χ2n) is 2.80. The molecule has 0 bridgehead atoms. The van der Waals surface area contributed by atoms with Crippen LogP contribution in [0.2, 0.25) is 0 Å². The van der Waals surface area contributed by atoms with Crippen molar-refractivity contribution in [3.63, 3.8) is 0 Å². The summed E-state index contributed by atoms with van der Waals surface area (Å²) in [6.45, 7) is -0.691. The highest BCUT2D eigenvalue weighted by molar-refractivity contribution is 5.77. The molecule has 0 fully saturated rings. The minimum absolute atomic E-state index is 0.139. The first kappa shape index (κ1) is 11.6. The van der Waals surface area contributed by atoms with Crippen molar-refractivity contribution in [3.05, 3.63) is 34.6 Å². The second-order valence-corrected chi connectivity index (χ2v) is 2.80. The molecule has 0 amide bonds. The van der Waals surface area contributed by atoms with Gasteiger partial charge in [0, 0.05) is 5.56 Å². The quantitative estimate of drug-likeness (QED) is 0.614. The van der Waals surface area contributed by atoms with E-state index >= 15 is 0 Å². The molecule has 15 heavy (non-hydrogen) atoms. The molecule has 0 unspecified atom stereocenters. The first-order valence-electron chi connectivity index (χ1n) is 3.85. The Hall–Kier alpha value is -1.43. The van der Waals surface area contributed by atoms with Crippen molar-refractivity contribution in [1.29, 1.82) is 0 Å².